The molecular formula is C19H21N3O3. The normalized spacial score (nSPS) is 16.9. The largest absolute Gasteiger partial charge is 0.504 e. The Balaban J connectivity index is 1.67. The van der Waals surface area contributed by atoms with Gasteiger partial charge in [-0.2, -0.15) is 0 Å². The van der Waals surface area contributed by atoms with Crippen molar-refractivity contribution in [2.45, 2.75) is 26.2 Å². The minimum atomic E-state index is -0.468. The summed E-state index contributed by atoms with van der Waals surface area (Å²) in [5, 5.41) is 12.3. The van der Waals surface area contributed by atoms with Crippen molar-refractivity contribution in [2.24, 2.45) is 5.92 Å². The number of rotatable bonds is 5. The number of hydrogen-bond acceptors (Lipinski definition) is 4. The number of aromatic nitrogens is 1. The SMILES string of the molecule is CCCc1ccc(N2CC(C(=O)Nc3ncccc3O)CC2=O)cc1. The maximum atomic E-state index is 12.4. The van der Waals surface area contributed by atoms with Crippen molar-refractivity contribution < 1.29 is 14.7 Å². The van der Waals surface area contributed by atoms with E-state index in [-0.39, 0.29) is 29.8 Å². The van der Waals surface area contributed by atoms with Crippen LogP contribution < -0.4 is 10.2 Å². The maximum Gasteiger partial charge on any atom is 0.231 e. The van der Waals surface area contributed by atoms with Gasteiger partial charge in [0.15, 0.2) is 11.6 Å². The number of benzene rings is 1. The van der Waals surface area contributed by atoms with Crippen molar-refractivity contribution >= 4 is 23.3 Å². The van der Waals surface area contributed by atoms with Gasteiger partial charge in [0.1, 0.15) is 0 Å². The standard InChI is InChI=1S/C19H21N3O3/c1-2-4-13-6-8-15(9-7-13)22-12-14(11-17(22)24)19(25)21-18-16(23)5-3-10-20-18/h3,5-10,14,23H,2,4,11-12H2,1H3,(H,20,21,25). The summed E-state index contributed by atoms with van der Waals surface area (Å²) in [6.07, 6.45) is 3.72. The molecule has 2 heterocycles. The summed E-state index contributed by atoms with van der Waals surface area (Å²) in [6, 6.07) is 10.9. The molecule has 6 nitrogen and oxygen atoms in total. The first-order valence-corrected chi connectivity index (χ1v) is 8.42. The summed E-state index contributed by atoms with van der Waals surface area (Å²) < 4.78 is 0. The Morgan fingerprint density at radius 1 is 1.32 bits per heavy atom. The first-order chi connectivity index (χ1) is 12.1. The van der Waals surface area contributed by atoms with Crippen LogP contribution in [-0.2, 0) is 16.0 Å². The molecule has 2 N–H and O–H groups in total. The Morgan fingerprint density at radius 2 is 2.08 bits per heavy atom. The minimum Gasteiger partial charge on any atom is -0.504 e. The number of pyridine rings is 1. The second-order valence-corrected chi connectivity index (χ2v) is 6.18. The van der Waals surface area contributed by atoms with E-state index < -0.39 is 5.92 Å². The second kappa shape index (κ2) is 7.34. The summed E-state index contributed by atoms with van der Waals surface area (Å²) in [4.78, 5) is 30.3. The van der Waals surface area contributed by atoms with E-state index in [0.29, 0.717) is 6.54 Å². The van der Waals surface area contributed by atoms with Gasteiger partial charge in [-0.05, 0) is 36.2 Å². The van der Waals surface area contributed by atoms with E-state index in [4.69, 9.17) is 0 Å². The van der Waals surface area contributed by atoms with Gasteiger partial charge in [0.05, 0.1) is 5.92 Å². The summed E-state index contributed by atoms with van der Waals surface area (Å²) in [5.74, 6) is -0.837. The molecule has 6 heteroatoms. The van der Waals surface area contributed by atoms with Gasteiger partial charge in [-0.1, -0.05) is 25.5 Å². The summed E-state index contributed by atoms with van der Waals surface area (Å²) >= 11 is 0. The smallest absolute Gasteiger partial charge is 0.231 e. The van der Waals surface area contributed by atoms with Gasteiger partial charge in [0.25, 0.3) is 0 Å². The Kier molecular flexibility index (Phi) is 4.97. The average Bonchev–Trinajstić information content (AvgIpc) is 3.00. The van der Waals surface area contributed by atoms with Crippen LogP contribution in [0.25, 0.3) is 0 Å². The highest BCUT2D eigenvalue weighted by molar-refractivity contribution is 6.03. The van der Waals surface area contributed by atoms with Gasteiger partial charge in [-0.15, -0.1) is 0 Å². The van der Waals surface area contributed by atoms with Gasteiger partial charge >= 0.3 is 0 Å². The topological polar surface area (TPSA) is 82.5 Å². The number of anilines is 2. The van der Waals surface area contributed by atoms with Crippen LogP contribution in [0.5, 0.6) is 5.75 Å². The third kappa shape index (κ3) is 3.79. The number of amides is 2. The number of hydrogen-bond donors (Lipinski definition) is 2. The number of aromatic hydroxyl groups is 1. The third-order valence-corrected chi connectivity index (χ3v) is 4.31. The number of nitrogens with one attached hydrogen (secondary N) is 1. The van der Waals surface area contributed by atoms with E-state index in [1.54, 1.807) is 11.0 Å². The number of carbonyl (C=O) groups is 2. The van der Waals surface area contributed by atoms with Gasteiger partial charge in [-0.25, -0.2) is 4.98 Å². The first-order valence-electron chi connectivity index (χ1n) is 8.42. The minimum absolute atomic E-state index is 0.0753. The predicted molar refractivity (Wildman–Crippen MR) is 95.4 cm³/mol. The molecule has 1 aliphatic rings. The maximum absolute atomic E-state index is 12.4. The molecule has 1 atom stereocenters. The van der Waals surface area contributed by atoms with Crippen molar-refractivity contribution in [1.82, 2.24) is 4.98 Å². The number of aryl methyl sites for hydroxylation is 1. The lowest BCUT2D eigenvalue weighted by atomic mass is 10.1. The van der Waals surface area contributed by atoms with Crippen LogP contribution in [0.3, 0.4) is 0 Å². The molecule has 1 aromatic heterocycles. The number of carbonyl (C=O) groups excluding carboxylic acids is 2. The highest BCUT2D eigenvalue weighted by Crippen LogP contribution is 2.27. The van der Waals surface area contributed by atoms with Crippen LogP contribution in [0.15, 0.2) is 42.6 Å². The van der Waals surface area contributed by atoms with Crippen LogP contribution in [0.1, 0.15) is 25.3 Å². The molecule has 1 aliphatic heterocycles. The molecule has 1 aromatic carbocycles. The predicted octanol–water partition coefficient (Wildman–Crippen LogP) is 2.73. The lowest BCUT2D eigenvalue weighted by Gasteiger charge is -2.17. The van der Waals surface area contributed by atoms with Crippen LogP contribution in [-0.4, -0.2) is 28.4 Å². The molecule has 1 saturated heterocycles. The van der Waals surface area contributed by atoms with Crippen molar-refractivity contribution in [3.63, 3.8) is 0 Å². The number of nitrogens with zero attached hydrogens (tertiary/aromatic N) is 2. The molecule has 0 saturated carbocycles. The van der Waals surface area contributed by atoms with Gasteiger partial charge in [0.2, 0.25) is 11.8 Å². The van der Waals surface area contributed by atoms with Gasteiger partial charge < -0.3 is 15.3 Å². The highest BCUT2D eigenvalue weighted by atomic mass is 16.3. The van der Waals surface area contributed by atoms with Crippen LogP contribution >= 0.6 is 0 Å². The van der Waals surface area contributed by atoms with Gasteiger partial charge in [0, 0.05) is 24.8 Å². The van der Waals surface area contributed by atoms with E-state index in [2.05, 4.69) is 17.2 Å². The van der Waals surface area contributed by atoms with Crippen molar-refractivity contribution in [3.8, 4) is 5.75 Å². The molecular weight excluding hydrogens is 318 g/mol. The fraction of sp³-hybridized carbons (Fsp3) is 0.316. The lowest BCUT2D eigenvalue weighted by molar-refractivity contribution is -0.122. The lowest BCUT2D eigenvalue weighted by Crippen LogP contribution is -2.28. The molecule has 25 heavy (non-hydrogen) atoms. The molecule has 0 bridgehead atoms. The van der Waals surface area contributed by atoms with E-state index in [1.165, 1.54) is 17.8 Å². The van der Waals surface area contributed by atoms with E-state index in [0.717, 1.165) is 18.5 Å². The van der Waals surface area contributed by atoms with Crippen LogP contribution in [0.4, 0.5) is 11.5 Å². The fourth-order valence-electron chi connectivity index (χ4n) is 2.98. The van der Waals surface area contributed by atoms with Crippen molar-refractivity contribution in [1.29, 1.82) is 0 Å². The second-order valence-electron chi connectivity index (χ2n) is 6.18. The molecule has 0 radical (unpaired) electrons. The molecule has 3 rings (SSSR count). The summed E-state index contributed by atoms with van der Waals surface area (Å²) in [7, 11) is 0. The molecule has 1 fully saturated rings. The Labute approximate surface area is 146 Å². The zero-order valence-corrected chi connectivity index (χ0v) is 14.1. The van der Waals surface area contributed by atoms with Crippen LogP contribution in [0, 0.1) is 5.92 Å². The first kappa shape index (κ1) is 17.0. The molecule has 130 valence electrons. The van der Waals surface area contributed by atoms with Gasteiger partial charge in [-0.3, -0.25) is 9.59 Å². The molecule has 1 unspecified atom stereocenters. The molecule has 0 spiro atoms. The Hall–Kier alpha value is -2.89. The van der Waals surface area contributed by atoms with E-state index >= 15 is 0 Å². The quantitative estimate of drug-likeness (QED) is 0.877. The van der Waals surface area contributed by atoms with E-state index in [1.807, 2.05) is 24.3 Å². The zero-order chi connectivity index (χ0) is 17.8. The monoisotopic (exact) mass is 339 g/mol. The Bertz CT molecular complexity index is 774. The van der Waals surface area contributed by atoms with Crippen LogP contribution in [0.2, 0.25) is 0 Å². The third-order valence-electron chi connectivity index (χ3n) is 4.31. The Morgan fingerprint density at radius 3 is 2.76 bits per heavy atom. The fourth-order valence-corrected chi connectivity index (χ4v) is 2.98. The molecule has 0 aliphatic carbocycles. The molecule has 2 aromatic rings. The van der Waals surface area contributed by atoms with E-state index in [9.17, 15) is 14.7 Å². The molecule has 2 amide bonds. The van der Waals surface area contributed by atoms with Crippen molar-refractivity contribution in [3.05, 3.63) is 48.2 Å². The summed E-state index contributed by atoms with van der Waals surface area (Å²) in [6.45, 7) is 2.45. The summed E-state index contributed by atoms with van der Waals surface area (Å²) in [5.41, 5.74) is 2.04. The highest BCUT2D eigenvalue weighted by Gasteiger charge is 2.35. The average molecular weight is 339 g/mol. The van der Waals surface area contributed by atoms with Crippen molar-refractivity contribution in [2.75, 3.05) is 16.8 Å². The zero-order valence-electron chi connectivity index (χ0n) is 14.1.